The summed E-state index contributed by atoms with van der Waals surface area (Å²) >= 11 is 1.48. The minimum Gasteiger partial charge on any atom is -0.497 e. The Morgan fingerprint density at radius 2 is 1.96 bits per heavy atom. The van der Waals surface area contributed by atoms with Gasteiger partial charge in [-0.05, 0) is 24.6 Å². The van der Waals surface area contributed by atoms with Crippen LogP contribution in [0, 0.1) is 6.92 Å². The summed E-state index contributed by atoms with van der Waals surface area (Å²) in [6.07, 6.45) is 0. The highest BCUT2D eigenvalue weighted by atomic mass is 32.1. The van der Waals surface area contributed by atoms with Crippen LogP contribution in [0.2, 0.25) is 0 Å². The first kappa shape index (κ1) is 16.3. The van der Waals surface area contributed by atoms with Crippen molar-refractivity contribution in [2.75, 3.05) is 33.4 Å². The minimum absolute atomic E-state index is 0.0661. The van der Waals surface area contributed by atoms with E-state index in [-0.39, 0.29) is 11.9 Å². The molecule has 25 heavy (non-hydrogen) atoms. The molecule has 3 aromatic rings. The lowest BCUT2D eigenvalue weighted by Gasteiger charge is -2.34. The van der Waals surface area contributed by atoms with Crippen molar-refractivity contribution < 1.29 is 14.6 Å². The molecule has 1 saturated heterocycles. The molecule has 0 radical (unpaired) electrons. The number of morpholine rings is 1. The van der Waals surface area contributed by atoms with E-state index in [1.807, 2.05) is 31.2 Å². The summed E-state index contributed by atoms with van der Waals surface area (Å²) in [5.74, 6) is 1.63. The van der Waals surface area contributed by atoms with Crippen molar-refractivity contribution in [3.8, 4) is 11.6 Å². The number of thiazole rings is 1. The monoisotopic (exact) mass is 360 g/mol. The predicted molar refractivity (Wildman–Crippen MR) is 94.5 cm³/mol. The third-order valence-electron chi connectivity index (χ3n) is 4.40. The zero-order valence-corrected chi connectivity index (χ0v) is 15.0. The van der Waals surface area contributed by atoms with Crippen LogP contribution in [0.5, 0.6) is 11.6 Å². The SMILES string of the molecule is COc1ccc(C(c2sc3nc(C)nn3c2O)N2CCOCC2)cc1. The van der Waals surface area contributed by atoms with Gasteiger partial charge in [-0.2, -0.15) is 4.52 Å². The number of fused-ring (bicyclic) bond motifs is 1. The number of aryl methyl sites for hydroxylation is 1. The third kappa shape index (κ3) is 2.97. The fourth-order valence-electron chi connectivity index (χ4n) is 3.18. The van der Waals surface area contributed by atoms with Gasteiger partial charge in [0.25, 0.3) is 0 Å². The van der Waals surface area contributed by atoms with Crippen LogP contribution in [-0.4, -0.2) is 58.0 Å². The highest BCUT2D eigenvalue weighted by molar-refractivity contribution is 7.17. The lowest BCUT2D eigenvalue weighted by molar-refractivity contribution is 0.0241. The fraction of sp³-hybridized carbons (Fsp3) is 0.412. The molecule has 0 spiro atoms. The van der Waals surface area contributed by atoms with Crippen LogP contribution in [0.25, 0.3) is 4.96 Å². The maximum Gasteiger partial charge on any atom is 0.230 e. The van der Waals surface area contributed by atoms with Crippen LogP contribution >= 0.6 is 11.3 Å². The van der Waals surface area contributed by atoms with Gasteiger partial charge in [0.05, 0.1) is 31.2 Å². The molecule has 8 heteroatoms. The molecule has 1 fully saturated rings. The van der Waals surface area contributed by atoms with Gasteiger partial charge in [-0.1, -0.05) is 23.5 Å². The van der Waals surface area contributed by atoms with E-state index >= 15 is 0 Å². The van der Waals surface area contributed by atoms with Gasteiger partial charge in [0, 0.05) is 13.1 Å². The van der Waals surface area contributed by atoms with Crippen LogP contribution < -0.4 is 4.74 Å². The first-order valence-electron chi connectivity index (χ1n) is 8.18. The van der Waals surface area contributed by atoms with Crippen LogP contribution in [0.15, 0.2) is 24.3 Å². The second kappa shape index (κ2) is 6.62. The molecule has 1 aliphatic heterocycles. The molecule has 132 valence electrons. The standard InChI is InChI=1S/C17H20N4O3S/c1-11-18-17-21(19-11)16(22)15(25-17)14(20-7-9-24-10-8-20)12-3-5-13(23-2)6-4-12/h3-6,14,22H,7-10H2,1-2H3. The van der Waals surface area contributed by atoms with Crippen molar-refractivity contribution in [3.05, 3.63) is 40.5 Å². The summed E-state index contributed by atoms with van der Waals surface area (Å²) in [5, 5.41) is 15.0. The molecule has 0 saturated carbocycles. The Balaban J connectivity index is 1.80. The maximum absolute atomic E-state index is 10.8. The van der Waals surface area contributed by atoms with Gasteiger partial charge in [-0.15, -0.1) is 5.10 Å². The molecule has 0 aliphatic carbocycles. The topological polar surface area (TPSA) is 72.1 Å². The van der Waals surface area contributed by atoms with Gasteiger partial charge in [-0.25, -0.2) is 4.98 Å². The van der Waals surface area contributed by atoms with E-state index in [1.165, 1.54) is 15.9 Å². The average Bonchev–Trinajstić information content (AvgIpc) is 3.15. The number of aromatic nitrogens is 3. The molecule has 1 unspecified atom stereocenters. The third-order valence-corrected chi connectivity index (χ3v) is 5.47. The lowest BCUT2D eigenvalue weighted by atomic mass is 10.0. The number of hydrogen-bond donors (Lipinski definition) is 1. The Bertz CT molecular complexity index is 868. The average molecular weight is 360 g/mol. The highest BCUT2D eigenvalue weighted by Gasteiger charge is 2.30. The molecule has 3 heterocycles. The molecule has 0 amide bonds. The Kier molecular flexibility index (Phi) is 4.32. The quantitative estimate of drug-likeness (QED) is 0.769. The summed E-state index contributed by atoms with van der Waals surface area (Å²) in [4.78, 5) is 8.27. The largest absolute Gasteiger partial charge is 0.497 e. The normalized spacial score (nSPS) is 17.0. The number of hydrogen-bond acceptors (Lipinski definition) is 7. The summed E-state index contributed by atoms with van der Waals surface area (Å²) in [7, 11) is 1.66. The molecule has 4 rings (SSSR count). The molecular formula is C17H20N4O3S. The minimum atomic E-state index is -0.0661. The molecular weight excluding hydrogens is 340 g/mol. The maximum atomic E-state index is 10.8. The fourth-order valence-corrected chi connectivity index (χ4v) is 4.34. The van der Waals surface area contributed by atoms with Gasteiger partial charge in [0.1, 0.15) is 11.6 Å². The highest BCUT2D eigenvalue weighted by Crippen LogP contribution is 2.40. The van der Waals surface area contributed by atoms with E-state index in [0.29, 0.717) is 24.0 Å². The molecule has 2 aromatic heterocycles. The second-order valence-corrected chi connectivity index (χ2v) is 6.98. The predicted octanol–water partition coefficient (Wildman–Crippen LogP) is 2.24. The number of benzene rings is 1. The number of rotatable bonds is 4. The van der Waals surface area contributed by atoms with Crippen LogP contribution in [0.4, 0.5) is 0 Å². The van der Waals surface area contributed by atoms with Crippen molar-refractivity contribution in [2.45, 2.75) is 13.0 Å². The number of ether oxygens (including phenoxy) is 2. The molecule has 1 atom stereocenters. The van der Waals surface area contributed by atoms with Crippen molar-refractivity contribution in [1.29, 1.82) is 0 Å². The Morgan fingerprint density at radius 1 is 1.24 bits per heavy atom. The van der Waals surface area contributed by atoms with Crippen molar-refractivity contribution in [2.24, 2.45) is 0 Å². The molecule has 1 aliphatic rings. The van der Waals surface area contributed by atoms with E-state index in [4.69, 9.17) is 9.47 Å². The zero-order valence-electron chi connectivity index (χ0n) is 14.2. The molecule has 0 bridgehead atoms. The first-order valence-corrected chi connectivity index (χ1v) is 9.00. The van der Waals surface area contributed by atoms with Crippen LogP contribution in [-0.2, 0) is 4.74 Å². The van der Waals surface area contributed by atoms with Crippen LogP contribution in [0.3, 0.4) is 0 Å². The van der Waals surface area contributed by atoms with E-state index in [0.717, 1.165) is 29.3 Å². The second-order valence-electron chi connectivity index (χ2n) is 5.97. The van der Waals surface area contributed by atoms with Crippen molar-refractivity contribution >= 4 is 16.3 Å². The molecule has 1 aromatic carbocycles. The summed E-state index contributed by atoms with van der Waals surface area (Å²) in [6, 6.07) is 7.91. The van der Waals surface area contributed by atoms with Gasteiger partial charge >= 0.3 is 0 Å². The van der Waals surface area contributed by atoms with E-state index < -0.39 is 0 Å². The van der Waals surface area contributed by atoms with Gasteiger partial charge in [0.15, 0.2) is 0 Å². The lowest BCUT2D eigenvalue weighted by Crippen LogP contribution is -2.39. The summed E-state index contributed by atoms with van der Waals surface area (Å²) in [5.41, 5.74) is 1.10. The Morgan fingerprint density at radius 3 is 2.60 bits per heavy atom. The zero-order chi connectivity index (χ0) is 17.4. The van der Waals surface area contributed by atoms with Gasteiger partial charge in [-0.3, -0.25) is 4.90 Å². The number of aromatic hydroxyl groups is 1. The smallest absolute Gasteiger partial charge is 0.230 e. The van der Waals surface area contributed by atoms with Gasteiger partial charge < -0.3 is 14.6 Å². The first-order chi connectivity index (χ1) is 12.2. The Hall–Kier alpha value is -2.16. The number of methoxy groups -OCH3 is 1. The van der Waals surface area contributed by atoms with E-state index in [2.05, 4.69) is 15.0 Å². The summed E-state index contributed by atoms with van der Waals surface area (Å²) < 4.78 is 12.3. The van der Waals surface area contributed by atoms with Crippen molar-refractivity contribution in [1.82, 2.24) is 19.5 Å². The van der Waals surface area contributed by atoms with E-state index in [1.54, 1.807) is 7.11 Å². The van der Waals surface area contributed by atoms with Crippen LogP contribution in [0.1, 0.15) is 22.3 Å². The van der Waals surface area contributed by atoms with Crippen molar-refractivity contribution in [3.63, 3.8) is 0 Å². The van der Waals surface area contributed by atoms with Gasteiger partial charge in [0.2, 0.25) is 10.8 Å². The molecule has 7 nitrogen and oxygen atoms in total. The summed E-state index contributed by atoms with van der Waals surface area (Å²) in [6.45, 7) is 4.81. The van der Waals surface area contributed by atoms with E-state index in [9.17, 15) is 5.11 Å². The molecule has 1 N–H and O–H groups in total. The number of nitrogens with zero attached hydrogens (tertiary/aromatic N) is 4. The Labute approximate surface area is 149 Å².